The predicted octanol–water partition coefficient (Wildman–Crippen LogP) is 5.70. The van der Waals surface area contributed by atoms with Crippen LogP contribution < -0.4 is 5.43 Å². The molecule has 124 valence electrons. The zero-order valence-electron chi connectivity index (χ0n) is 14.0. The van der Waals surface area contributed by atoms with Crippen LogP contribution in [0, 0.1) is 6.92 Å². The van der Waals surface area contributed by atoms with Gasteiger partial charge in [-0.15, -0.1) is 0 Å². The number of aryl methyl sites for hydroxylation is 1. The minimum atomic E-state index is 0.754. The monoisotopic (exact) mass is 347 g/mol. The topological polar surface area (TPSA) is 50.4 Å². The Kier molecular flexibility index (Phi) is 4.07. The third-order valence-corrected chi connectivity index (χ3v) is 4.89. The Morgan fingerprint density at radius 2 is 1.92 bits per heavy atom. The van der Waals surface area contributed by atoms with E-state index in [1.54, 1.807) is 11.3 Å². The van der Waals surface area contributed by atoms with E-state index in [4.69, 9.17) is 4.42 Å². The molecule has 0 amide bonds. The lowest BCUT2D eigenvalue weighted by molar-refractivity contribution is 0.604. The van der Waals surface area contributed by atoms with E-state index in [0.717, 1.165) is 38.0 Å². The number of anilines is 1. The van der Waals surface area contributed by atoms with Crippen molar-refractivity contribution in [3.05, 3.63) is 72.1 Å². The fraction of sp³-hybridized carbons (Fsp3) is 0.100. The van der Waals surface area contributed by atoms with E-state index in [0.29, 0.717) is 0 Å². The Morgan fingerprint density at radius 1 is 1.12 bits per heavy atom. The number of hydrazone groups is 1. The number of aromatic nitrogens is 1. The molecule has 0 aliphatic rings. The van der Waals surface area contributed by atoms with Gasteiger partial charge in [-0.3, -0.25) is 5.43 Å². The molecule has 2 aromatic carbocycles. The number of benzene rings is 2. The summed E-state index contributed by atoms with van der Waals surface area (Å²) in [6, 6.07) is 18.3. The lowest BCUT2D eigenvalue weighted by Gasteiger charge is -1.98. The molecule has 0 saturated carbocycles. The Morgan fingerprint density at radius 3 is 2.72 bits per heavy atom. The van der Waals surface area contributed by atoms with Gasteiger partial charge in [0.1, 0.15) is 11.3 Å². The summed E-state index contributed by atoms with van der Waals surface area (Å²) in [4.78, 5) is 5.50. The fourth-order valence-electron chi connectivity index (χ4n) is 2.52. The summed E-state index contributed by atoms with van der Waals surface area (Å²) in [6.07, 6.45) is 1.86. The minimum Gasteiger partial charge on any atom is -0.455 e. The molecule has 0 unspecified atom stereocenters. The van der Waals surface area contributed by atoms with Gasteiger partial charge in [0.25, 0.3) is 0 Å². The maximum atomic E-state index is 5.82. The summed E-state index contributed by atoms with van der Waals surface area (Å²) in [6.45, 7) is 4.00. The molecular weight excluding hydrogens is 330 g/mol. The number of fused-ring (bicyclic) bond motifs is 1. The van der Waals surface area contributed by atoms with Crippen molar-refractivity contribution in [2.75, 3.05) is 5.43 Å². The molecule has 0 aliphatic carbocycles. The summed E-state index contributed by atoms with van der Waals surface area (Å²) in [7, 11) is 0. The number of para-hydroxylation sites is 1. The molecule has 1 N–H and O–H groups in total. The van der Waals surface area contributed by atoms with E-state index in [2.05, 4.69) is 46.7 Å². The van der Waals surface area contributed by atoms with E-state index in [9.17, 15) is 0 Å². The second-order valence-electron chi connectivity index (χ2n) is 5.85. The molecule has 5 heteroatoms. The molecule has 0 radical (unpaired) electrons. The van der Waals surface area contributed by atoms with Gasteiger partial charge < -0.3 is 4.42 Å². The minimum absolute atomic E-state index is 0.754. The van der Waals surface area contributed by atoms with Gasteiger partial charge >= 0.3 is 0 Å². The lowest BCUT2D eigenvalue weighted by atomic mass is 10.1. The molecule has 0 saturated heterocycles. The number of rotatable bonds is 4. The molecule has 2 aromatic heterocycles. The molecule has 0 aliphatic heterocycles. The van der Waals surface area contributed by atoms with Crippen molar-refractivity contribution in [3.8, 4) is 10.4 Å². The van der Waals surface area contributed by atoms with Crippen LogP contribution >= 0.6 is 11.3 Å². The SMILES string of the molecule is C/C(=N\Nc1ncc(-c2ccc(C)cc2)s1)c1cc2ccccc2o1. The van der Waals surface area contributed by atoms with Crippen LogP contribution in [0.5, 0.6) is 0 Å². The molecule has 0 atom stereocenters. The van der Waals surface area contributed by atoms with Gasteiger partial charge in [-0.05, 0) is 31.5 Å². The summed E-state index contributed by atoms with van der Waals surface area (Å²) >= 11 is 1.57. The van der Waals surface area contributed by atoms with E-state index >= 15 is 0 Å². The van der Waals surface area contributed by atoms with Crippen LogP contribution in [-0.2, 0) is 0 Å². The van der Waals surface area contributed by atoms with Crippen molar-refractivity contribution in [1.29, 1.82) is 0 Å². The molecule has 0 fully saturated rings. The smallest absolute Gasteiger partial charge is 0.203 e. The molecule has 4 nitrogen and oxygen atoms in total. The first kappa shape index (κ1) is 15.6. The molecule has 0 bridgehead atoms. The number of nitrogens with zero attached hydrogens (tertiary/aromatic N) is 2. The zero-order valence-corrected chi connectivity index (χ0v) is 14.8. The van der Waals surface area contributed by atoms with Gasteiger partial charge in [-0.2, -0.15) is 5.10 Å². The Bertz CT molecular complexity index is 1010. The number of thiazole rings is 1. The molecule has 0 spiro atoms. The maximum absolute atomic E-state index is 5.82. The molecule has 4 rings (SSSR count). The predicted molar refractivity (Wildman–Crippen MR) is 104 cm³/mol. The third kappa shape index (κ3) is 3.32. The highest BCUT2D eigenvalue weighted by molar-refractivity contribution is 7.18. The van der Waals surface area contributed by atoms with Crippen LogP contribution in [0.4, 0.5) is 5.13 Å². The molecule has 4 aromatic rings. The van der Waals surface area contributed by atoms with Gasteiger partial charge in [-0.25, -0.2) is 4.98 Å². The van der Waals surface area contributed by atoms with Crippen molar-refractivity contribution in [3.63, 3.8) is 0 Å². The summed E-state index contributed by atoms with van der Waals surface area (Å²) < 4.78 is 5.82. The highest BCUT2D eigenvalue weighted by Gasteiger charge is 2.07. The highest BCUT2D eigenvalue weighted by Crippen LogP contribution is 2.29. The average Bonchev–Trinajstić information content (AvgIpc) is 3.27. The van der Waals surface area contributed by atoms with E-state index < -0.39 is 0 Å². The highest BCUT2D eigenvalue weighted by atomic mass is 32.1. The van der Waals surface area contributed by atoms with Crippen molar-refractivity contribution in [2.24, 2.45) is 5.10 Å². The van der Waals surface area contributed by atoms with Gasteiger partial charge in [-0.1, -0.05) is 59.4 Å². The van der Waals surface area contributed by atoms with Gasteiger partial charge in [0.15, 0.2) is 5.76 Å². The van der Waals surface area contributed by atoms with Crippen LogP contribution in [0.15, 0.2) is 70.3 Å². The first-order valence-corrected chi connectivity index (χ1v) is 8.83. The summed E-state index contributed by atoms with van der Waals surface area (Å²) in [5, 5.41) is 6.23. The second-order valence-corrected chi connectivity index (χ2v) is 6.88. The first-order valence-electron chi connectivity index (χ1n) is 8.01. The molecular formula is C20H17N3OS. The van der Waals surface area contributed by atoms with Crippen molar-refractivity contribution in [2.45, 2.75) is 13.8 Å². The molecule has 25 heavy (non-hydrogen) atoms. The van der Waals surface area contributed by atoms with Crippen molar-refractivity contribution >= 4 is 33.1 Å². The first-order chi connectivity index (χ1) is 12.2. The van der Waals surface area contributed by atoms with Gasteiger partial charge in [0.2, 0.25) is 5.13 Å². The van der Waals surface area contributed by atoms with E-state index in [1.165, 1.54) is 5.56 Å². The lowest BCUT2D eigenvalue weighted by Crippen LogP contribution is -1.97. The van der Waals surface area contributed by atoms with Crippen LogP contribution in [0.2, 0.25) is 0 Å². The van der Waals surface area contributed by atoms with Crippen LogP contribution in [-0.4, -0.2) is 10.7 Å². The van der Waals surface area contributed by atoms with Crippen LogP contribution in [0.25, 0.3) is 21.4 Å². The Labute approximate surface area is 149 Å². The maximum Gasteiger partial charge on any atom is 0.203 e. The normalized spacial score (nSPS) is 11.8. The fourth-order valence-corrected chi connectivity index (χ4v) is 3.29. The van der Waals surface area contributed by atoms with Gasteiger partial charge in [0.05, 0.1) is 4.88 Å². The second kappa shape index (κ2) is 6.53. The van der Waals surface area contributed by atoms with E-state index in [-0.39, 0.29) is 0 Å². The average molecular weight is 347 g/mol. The van der Waals surface area contributed by atoms with E-state index in [1.807, 2.05) is 43.5 Å². The van der Waals surface area contributed by atoms with Crippen LogP contribution in [0.3, 0.4) is 0 Å². The number of nitrogens with one attached hydrogen (secondary N) is 1. The number of furan rings is 1. The third-order valence-electron chi connectivity index (χ3n) is 3.94. The standard InChI is InChI=1S/C20H17N3OS/c1-13-7-9-15(10-8-13)19-12-21-20(25-19)23-22-14(2)18-11-16-5-3-4-6-17(16)24-18/h3-12H,1-2H3,(H,21,23)/b22-14+. The van der Waals surface area contributed by atoms with Gasteiger partial charge in [0, 0.05) is 11.6 Å². The van der Waals surface area contributed by atoms with Crippen molar-refractivity contribution < 1.29 is 4.42 Å². The van der Waals surface area contributed by atoms with Crippen molar-refractivity contribution in [1.82, 2.24) is 4.98 Å². The van der Waals surface area contributed by atoms with Crippen LogP contribution in [0.1, 0.15) is 18.2 Å². The number of hydrogen-bond donors (Lipinski definition) is 1. The largest absolute Gasteiger partial charge is 0.455 e. The molecule has 2 heterocycles. The summed E-state index contributed by atoms with van der Waals surface area (Å²) in [5.41, 5.74) is 7.08. The Balaban J connectivity index is 1.52. The Hall–Kier alpha value is -2.92. The quantitative estimate of drug-likeness (QED) is 0.380. The number of hydrogen-bond acceptors (Lipinski definition) is 5. The summed E-state index contributed by atoms with van der Waals surface area (Å²) in [5.74, 6) is 0.754. The zero-order chi connectivity index (χ0) is 17.2.